The van der Waals surface area contributed by atoms with Gasteiger partial charge >= 0.3 is 0 Å². The molecule has 5 heteroatoms. The van der Waals surface area contributed by atoms with E-state index in [-0.39, 0.29) is 5.56 Å². The highest BCUT2D eigenvalue weighted by molar-refractivity contribution is 5.93. The van der Waals surface area contributed by atoms with E-state index in [9.17, 15) is 4.79 Å². The van der Waals surface area contributed by atoms with E-state index in [2.05, 4.69) is 9.88 Å². The number of aromatic nitrogens is 3. The Morgan fingerprint density at radius 1 is 0.800 bits per heavy atom. The van der Waals surface area contributed by atoms with Crippen LogP contribution in [0.2, 0.25) is 0 Å². The molecule has 2 aromatic carbocycles. The van der Waals surface area contributed by atoms with E-state index in [1.165, 1.54) is 19.3 Å². The van der Waals surface area contributed by atoms with Gasteiger partial charge in [-0.25, -0.2) is 9.38 Å². The number of fused-ring (bicyclic) bond motifs is 4. The first kappa shape index (κ1) is 14.4. The lowest BCUT2D eigenvalue weighted by atomic mass is 10.1. The Bertz CT molecular complexity index is 1160. The molecule has 1 aliphatic rings. The highest BCUT2D eigenvalue weighted by Crippen LogP contribution is 2.27. The fraction of sp³-hybridized carbons (Fsp3) is 0.250. The van der Waals surface area contributed by atoms with Crippen molar-refractivity contribution in [2.24, 2.45) is 0 Å². The van der Waals surface area contributed by atoms with Crippen LogP contribution in [0, 0.1) is 0 Å². The van der Waals surface area contributed by atoms with Crippen LogP contribution in [-0.2, 0) is 0 Å². The topological polar surface area (TPSA) is 50.5 Å². The summed E-state index contributed by atoms with van der Waals surface area (Å²) in [6.07, 6.45) is 3.63. The molecule has 0 spiro atoms. The van der Waals surface area contributed by atoms with Crippen molar-refractivity contribution in [3.63, 3.8) is 0 Å². The van der Waals surface area contributed by atoms with E-state index < -0.39 is 0 Å². The molecule has 0 radical (unpaired) electrons. The molecule has 0 atom stereocenters. The monoisotopic (exact) mass is 330 g/mol. The lowest BCUT2D eigenvalue weighted by Crippen LogP contribution is -2.31. The van der Waals surface area contributed by atoms with Crippen LogP contribution in [0.5, 0.6) is 0 Å². The minimum atomic E-state index is -0.0607. The van der Waals surface area contributed by atoms with Crippen LogP contribution in [0.4, 0.5) is 5.82 Å². The number of piperidine rings is 1. The molecule has 0 saturated carbocycles. The van der Waals surface area contributed by atoms with E-state index in [1.807, 2.05) is 48.5 Å². The fourth-order valence-corrected chi connectivity index (χ4v) is 3.77. The Labute approximate surface area is 144 Å². The van der Waals surface area contributed by atoms with Crippen LogP contribution in [0.25, 0.3) is 27.6 Å². The third-order valence-corrected chi connectivity index (χ3v) is 5.01. The second kappa shape index (κ2) is 5.55. The van der Waals surface area contributed by atoms with Crippen molar-refractivity contribution >= 4 is 33.4 Å². The quantitative estimate of drug-likeness (QED) is 0.396. The minimum Gasteiger partial charge on any atom is -0.356 e. The zero-order valence-electron chi connectivity index (χ0n) is 13.9. The van der Waals surface area contributed by atoms with Gasteiger partial charge in [-0.1, -0.05) is 24.3 Å². The fourth-order valence-electron chi connectivity index (χ4n) is 3.77. The van der Waals surface area contributed by atoms with Gasteiger partial charge in [0, 0.05) is 18.5 Å². The molecular weight excluding hydrogens is 312 g/mol. The Morgan fingerprint density at radius 3 is 2.36 bits per heavy atom. The van der Waals surface area contributed by atoms with Crippen LogP contribution >= 0.6 is 0 Å². The van der Waals surface area contributed by atoms with Gasteiger partial charge in [0.25, 0.3) is 5.56 Å². The molecule has 5 nitrogen and oxygen atoms in total. The molecule has 1 saturated heterocycles. The molecule has 0 bridgehead atoms. The molecule has 5 rings (SSSR count). The van der Waals surface area contributed by atoms with Crippen LogP contribution in [0.1, 0.15) is 19.3 Å². The minimum absolute atomic E-state index is 0.0607. The van der Waals surface area contributed by atoms with Crippen LogP contribution < -0.4 is 10.5 Å². The molecule has 25 heavy (non-hydrogen) atoms. The molecule has 3 heterocycles. The lowest BCUT2D eigenvalue weighted by Gasteiger charge is -2.29. The van der Waals surface area contributed by atoms with Crippen molar-refractivity contribution in [1.29, 1.82) is 0 Å². The first-order valence-electron chi connectivity index (χ1n) is 8.78. The van der Waals surface area contributed by atoms with Crippen LogP contribution in [-0.4, -0.2) is 27.5 Å². The summed E-state index contributed by atoms with van der Waals surface area (Å²) in [4.78, 5) is 24.9. The molecule has 0 unspecified atom stereocenters. The van der Waals surface area contributed by atoms with E-state index in [0.29, 0.717) is 16.7 Å². The molecule has 0 amide bonds. The normalized spacial score (nSPS) is 15.3. The third-order valence-electron chi connectivity index (χ3n) is 5.01. The Morgan fingerprint density at radius 2 is 1.52 bits per heavy atom. The second-order valence-electron chi connectivity index (χ2n) is 6.57. The number of benzene rings is 2. The molecule has 1 aliphatic heterocycles. The standard InChI is InChI=1S/C20H18N4O/c25-19-14-8-2-4-10-16(14)21-20-22-18(23-12-6-1-7-13-23)15-9-3-5-11-17(15)24(19)20/h2-5,8-11H,1,6-7,12-13H2. The van der Waals surface area contributed by atoms with Crippen molar-refractivity contribution in [3.05, 3.63) is 58.9 Å². The number of hydrogen-bond acceptors (Lipinski definition) is 4. The van der Waals surface area contributed by atoms with Crippen LogP contribution in [0.15, 0.2) is 53.3 Å². The lowest BCUT2D eigenvalue weighted by molar-refractivity contribution is 0.575. The average Bonchev–Trinajstić information content (AvgIpc) is 2.68. The van der Waals surface area contributed by atoms with Gasteiger partial charge in [0.15, 0.2) is 0 Å². The summed E-state index contributed by atoms with van der Waals surface area (Å²) in [5.41, 5.74) is 1.51. The molecule has 1 fully saturated rings. The van der Waals surface area contributed by atoms with Gasteiger partial charge in [-0.3, -0.25) is 4.79 Å². The van der Waals surface area contributed by atoms with Crippen molar-refractivity contribution in [2.75, 3.05) is 18.0 Å². The molecule has 0 aliphatic carbocycles. The summed E-state index contributed by atoms with van der Waals surface area (Å²) in [7, 11) is 0. The number of rotatable bonds is 1. The predicted octanol–water partition coefficient (Wildman–Crippen LogP) is 3.39. The summed E-state index contributed by atoms with van der Waals surface area (Å²) in [6, 6.07) is 15.5. The molecular formula is C20H18N4O. The Balaban J connectivity index is 1.92. The second-order valence-corrected chi connectivity index (χ2v) is 6.57. The Kier molecular flexibility index (Phi) is 3.20. The number of anilines is 1. The number of hydrogen-bond donors (Lipinski definition) is 0. The zero-order chi connectivity index (χ0) is 16.8. The van der Waals surface area contributed by atoms with Gasteiger partial charge in [0.05, 0.1) is 16.4 Å². The summed E-state index contributed by atoms with van der Waals surface area (Å²) in [5.74, 6) is 1.42. The van der Waals surface area contributed by atoms with Crippen molar-refractivity contribution < 1.29 is 0 Å². The summed E-state index contributed by atoms with van der Waals surface area (Å²) >= 11 is 0. The molecule has 124 valence electrons. The van der Waals surface area contributed by atoms with Gasteiger partial charge in [-0.2, -0.15) is 4.98 Å². The van der Waals surface area contributed by atoms with Crippen LogP contribution in [0.3, 0.4) is 0 Å². The number of para-hydroxylation sites is 2. The van der Waals surface area contributed by atoms with Crippen molar-refractivity contribution in [2.45, 2.75) is 19.3 Å². The average molecular weight is 330 g/mol. The van der Waals surface area contributed by atoms with E-state index >= 15 is 0 Å². The first-order valence-corrected chi connectivity index (χ1v) is 8.78. The predicted molar refractivity (Wildman–Crippen MR) is 100 cm³/mol. The van der Waals surface area contributed by atoms with Gasteiger partial charge in [0.1, 0.15) is 5.82 Å². The van der Waals surface area contributed by atoms with E-state index in [0.717, 1.165) is 29.8 Å². The van der Waals surface area contributed by atoms with Crippen molar-refractivity contribution in [3.8, 4) is 0 Å². The van der Waals surface area contributed by atoms with Gasteiger partial charge < -0.3 is 4.90 Å². The molecule has 0 N–H and O–H groups in total. The molecule has 4 aromatic rings. The largest absolute Gasteiger partial charge is 0.356 e. The SMILES string of the molecule is O=c1c2ccccc2nc2nc(N3CCCCC3)c3ccccc3n12. The maximum absolute atomic E-state index is 13.1. The van der Waals surface area contributed by atoms with E-state index in [1.54, 1.807) is 4.40 Å². The highest BCUT2D eigenvalue weighted by Gasteiger charge is 2.18. The Hall–Kier alpha value is -2.95. The van der Waals surface area contributed by atoms with E-state index in [4.69, 9.17) is 4.98 Å². The third kappa shape index (κ3) is 2.19. The van der Waals surface area contributed by atoms with Gasteiger partial charge in [-0.05, 0) is 43.5 Å². The zero-order valence-corrected chi connectivity index (χ0v) is 13.9. The van der Waals surface area contributed by atoms with Gasteiger partial charge in [-0.15, -0.1) is 0 Å². The molecule has 2 aromatic heterocycles. The number of nitrogens with zero attached hydrogens (tertiary/aromatic N) is 4. The summed E-state index contributed by atoms with van der Waals surface area (Å²) in [6.45, 7) is 2.01. The summed E-state index contributed by atoms with van der Waals surface area (Å²) < 4.78 is 1.64. The van der Waals surface area contributed by atoms with Crippen molar-refractivity contribution in [1.82, 2.24) is 14.4 Å². The smallest absolute Gasteiger partial charge is 0.267 e. The van der Waals surface area contributed by atoms with Gasteiger partial charge in [0.2, 0.25) is 5.78 Å². The summed E-state index contributed by atoms with van der Waals surface area (Å²) in [5, 5.41) is 1.63. The first-order chi connectivity index (χ1) is 12.3. The maximum Gasteiger partial charge on any atom is 0.267 e. The maximum atomic E-state index is 13.1. The highest BCUT2D eigenvalue weighted by atomic mass is 16.1.